The number of hydrogen-bond acceptors (Lipinski definition) is 5. The monoisotopic (exact) mass is 760 g/mol. The molecule has 54 heavy (non-hydrogen) atoms. The summed E-state index contributed by atoms with van der Waals surface area (Å²) in [7, 11) is 0. The number of nitrogens with one attached hydrogen (secondary N) is 1. The van der Waals surface area contributed by atoms with Gasteiger partial charge in [0.15, 0.2) is 0 Å². The summed E-state index contributed by atoms with van der Waals surface area (Å²) in [6.07, 6.45) is 51.3. The van der Waals surface area contributed by atoms with Gasteiger partial charge in [-0.3, -0.25) is 9.59 Å². The number of unbranched alkanes of at least 4 members (excludes halogenated alkanes) is 27. The second-order valence-electron chi connectivity index (χ2n) is 15.7. The molecule has 0 radical (unpaired) electrons. The van der Waals surface area contributed by atoms with Gasteiger partial charge in [-0.1, -0.05) is 172 Å². The summed E-state index contributed by atoms with van der Waals surface area (Å²) in [6, 6.07) is -0.652. The first-order chi connectivity index (χ1) is 26.5. The van der Waals surface area contributed by atoms with Gasteiger partial charge < -0.3 is 20.3 Å². The maximum atomic E-state index is 12.4. The topological polar surface area (TPSA) is 95.9 Å². The summed E-state index contributed by atoms with van der Waals surface area (Å²) in [5.74, 6) is -0.154. The fraction of sp³-hybridized carbons (Fsp3) is 0.833. The summed E-state index contributed by atoms with van der Waals surface area (Å²) >= 11 is 0. The van der Waals surface area contributed by atoms with Gasteiger partial charge in [0.25, 0.3) is 0 Å². The van der Waals surface area contributed by atoms with Gasteiger partial charge >= 0.3 is 5.97 Å². The quantitative estimate of drug-likeness (QED) is 0.0327. The minimum atomic E-state index is -0.865. The Morgan fingerprint density at radius 1 is 0.500 bits per heavy atom. The van der Waals surface area contributed by atoms with Crippen molar-refractivity contribution < 1.29 is 24.5 Å². The van der Waals surface area contributed by atoms with Crippen LogP contribution in [-0.4, -0.2) is 47.4 Å². The van der Waals surface area contributed by atoms with Crippen molar-refractivity contribution in [3.63, 3.8) is 0 Å². The average molecular weight is 760 g/mol. The van der Waals surface area contributed by atoms with Crippen molar-refractivity contribution in [2.75, 3.05) is 13.2 Å². The number of hydrogen-bond donors (Lipinski definition) is 3. The molecule has 2 atom stereocenters. The Hall–Kier alpha value is -1.92. The van der Waals surface area contributed by atoms with E-state index in [1.807, 2.05) is 6.08 Å². The van der Waals surface area contributed by atoms with E-state index in [1.165, 1.54) is 128 Å². The standard InChI is InChI=1S/C48H89NO5/c1-3-5-7-9-11-13-15-17-19-21-26-30-34-38-42-48(53)54-43-39-35-31-27-23-22-25-29-33-37-41-47(52)49-45(44-50)46(51)40-36-32-28-24-20-18-16-14-12-10-8-6-4-2/h15,17,23,27,36,40,45-46,50-51H,3-14,16,18-22,24-26,28-35,37-39,41-44H2,1-2H3,(H,49,52)/b17-15-,27-23-,40-36+. The molecular weight excluding hydrogens is 671 g/mol. The van der Waals surface area contributed by atoms with Crippen molar-refractivity contribution in [2.45, 2.75) is 244 Å². The molecule has 6 heteroatoms. The Morgan fingerprint density at radius 3 is 1.31 bits per heavy atom. The van der Waals surface area contributed by atoms with E-state index in [0.29, 0.717) is 19.4 Å². The van der Waals surface area contributed by atoms with Gasteiger partial charge in [0, 0.05) is 12.8 Å². The van der Waals surface area contributed by atoms with Crippen LogP contribution in [0.2, 0.25) is 0 Å². The Morgan fingerprint density at radius 2 is 0.870 bits per heavy atom. The molecule has 2 unspecified atom stereocenters. The van der Waals surface area contributed by atoms with Gasteiger partial charge in [0.1, 0.15) is 0 Å². The molecule has 0 fully saturated rings. The van der Waals surface area contributed by atoms with E-state index in [0.717, 1.165) is 77.0 Å². The van der Waals surface area contributed by atoms with Crippen molar-refractivity contribution in [3.05, 3.63) is 36.5 Å². The van der Waals surface area contributed by atoms with E-state index < -0.39 is 12.1 Å². The number of aliphatic hydroxyl groups is 2. The van der Waals surface area contributed by atoms with Crippen molar-refractivity contribution >= 4 is 11.9 Å². The minimum absolute atomic E-state index is 0.0481. The first-order valence-corrected chi connectivity index (χ1v) is 23.3. The van der Waals surface area contributed by atoms with Crippen LogP contribution in [0.1, 0.15) is 232 Å². The lowest BCUT2D eigenvalue weighted by atomic mass is 10.0. The molecule has 6 nitrogen and oxygen atoms in total. The Labute approximate surface area is 334 Å². The average Bonchev–Trinajstić information content (AvgIpc) is 3.17. The summed E-state index contributed by atoms with van der Waals surface area (Å²) in [4.78, 5) is 24.4. The molecule has 0 heterocycles. The lowest BCUT2D eigenvalue weighted by Crippen LogP contribution is -2.45. The highest BCUT2D eigenvalue weighted by molar-refractivity contribution is 5.76. The van der Waals surface area contributed by atoms with E-state index in [2.05, 4.69) is 43.5 Å². The van der Waals surface area contributed by atoms with E-state index in [-0.39, 0.29) is 18.5 Å². The zero-order valence-corrected chi connectivity index (χ0v) is 35.7. The normalized spacial score (nSPS) is 13.0. The van der Waals surface area contributed by atoms with Gasteiger partial charge in [-0.15, -0.1) is 0 Å². The third-order valence-electron chi connectivity index (χ3n) is 10.4. The fourth-order valence-corrected chi connectivity index (χ4v) is 6.74. The Kier molecular flexibility index (Phi) is 42.2. The predicted octanol–water partition coefficient (Wildman–Crippen LogP) is 13.3. The van der Waals surface area contributed by atoms with Gasteiger partial charge in [-0.05, 0) is 83.5 Å². The van der Waals surface area contributed by atoms with Crippen LogP contribution in [0.15, 0.2) is 36.5 Å². The second kappa shape index (κ2) is 43.8. The zero-order chi connectivity index (χ0) is 39.4. The highest BCUT2D eigenvalue weighted by atomic mass is 16.5. The van der Waals surface area contributed by atoms with Crippen molar-refractivity contribution in [1.29, 1.82) is 0 Å². The molecular formula is C48H89NO5. The molecule has 0 spiro atoms. The summed E-state index contributed by atoms with van der Waals surface area (Å²) < 4.78 is 5.41. The fourth-order valence-electron chi connectivity index (χ4n) is 6.74. The Bertz CT molecular complexity index is 884. The number of ether oxygens (including phenoxy) is 1. The number of allylic oxidation sites excluding steroid dienone is 5. The predicted molar refractivity (Wildman–Crippen MR) is 232 cm³/mol. The van der Waals surface area contributed by atoms with Crippen LogP contribution in [0.4, 0.5) is 0 Å². The number of carbonyl (C=O) groups is 2. The van der Waals surface area contributed by atoms with Crippen LogP contribution in [0.25, 0.3) is 0 Å². The third-order valence-corrected chi connectivity index (χ3v) is 10.4. The van der Waals surface area contributed by atoms with Crippen LogP contribution >= 0.6 is 0 Å². The molecule has 3 N–H and O–H groups in total. The van der Waals surface area contributed by atoms with Gasteiger partial charge in [-0.25, -0.2) is 0 Å². The van der Waals surface area contributed by atoms with Gasteiger partial charge in [0.2, 0.25) is 5.91 Å². The van der Waals surface area contributed by atoms with Crippen molar-refractivity contribution in [3.8, 4) is 0 Å². The molecule has 0 aromatic carbocycles. The van der Waals surface area contributed by atoms with Crippen LogP contribution in [-0.2, 0) is 14.3 Å². The van der Waals surface area contributed by atoms with E-state index in [1.54, 1.807) is 6.08 Å². The summed E-state index contributed by atoms with van der Waals surface area (Å²) in [5, 5.41) is 22.9. The Balaban J connectivity index is 3.59. The second-order valence-corrected chi connectivity index (χ2v) is 15.7. The number of aliphatic hydroxyl groups excluding tert-OH is 2. The SMILES string of the molecule is CCCCCCC/C=C\CCCCCCCC(=O)OCCCC/C=C\CCCCCCC(=O)NC(CO)C(O)/C=C/CCCCCCCCCCCCC. The van der Waals surface area contributed by atoms with Crippen molar-refractivity contribution in [1.82, 2.24) is 5.32 Å². The highest BCUT2D eigenvalue weighted by Crippen LogP contribution is 2.14. The maximum absolute atomic E-state index is 12.4. The molecule has 0 aliphatic carbocycles. The molecule has 0 saturated carbocycles. The van der Waals surface area contributed by atoms with Crippen LogP contribution in [0, 0.1) is 0 Å². The largest absolute Gasteiger partial charge is 0.466 e. The first-order valence-electron chi connectivity index (χ1n) is 23.3. The highest BCUT2D eigenvalue weighted by Gasteiger charge is 2.18. The summed E-state index contributed by atoms with van der Waals surface area (Å²) in [6.45, 7) is 4.78. The lowest BCUT2D eigenvalue weighted by Gasteiger charge is -2.20. The van der Waals surface area contributed by atoms with Gasteiger partial charge in [0.05, 0.1) is 25.4 Å². The lowest BCUT2D eigenvalue weighted by molar-refractivity contribution is -0.143. The number of esters is 1. The van der Waals surface area contributed by atoms with Crippen molar-refractivity contribution in [2.24, 2.45) is 0 Å². The third kappa shape index (κ3) is 39.8. The van der Waals surface area contributed by atoms with Gasteiger partial charge in [-0.2, -0.15) is 0 Å². The zero-order valence-electron chi connectivity index (χ0n) is 35.7. The molecule has 0 aliphatic rings. The number of carbonyl (C=O) groups excluding carboxylic acids is 2. The van der Waals surface area contributed by atoms with E-state index >= 15 is 0 Å². The van der Waals surface area contributed by atoms with E-state index in [9.17, 15) is 19.8 Å². The van der Waals surface area contributed by atoms with Crippen LogP contribution in [0.5, 0.6) is 0 Å². The van der Waals surface area contributed by atoms with E-state index in [4.69, 9.17) is 4.74 Å². The van der Waals surface area contributed by atoms with Crippen LogP contribution in [0.3, 0.4) is 0 Å². The summed E-state index contributed by atoms with van der Waals surface area (Å²) in [5.41, 5.74) is 0. The molecule has 0 rings (SSSR count). The maximum Gasteiger partial charge on any atom is 0.305 e. The molecule has 0 bridgehead atoms. The molecule has 0 aliphatic heterocycles. The number of amides is 1. The van der Waals surface area contributed by atoms with Crippen LogP contribution < -0.4 is 5.32 Å². The molecule has 0 aromatic rings. The molecule has 1 amide bonds. The molecule has 0 aromatic heterocycles. The number of rotatable bonds is 42. The smallest absolute Gasteiger partial charge is 0.305 e. The molecule has 0 saturated heterocycles. The first kappa shape index (κ1) is 52.1. The minimum Gasteiger partial charge on any atom is -0.466 e. The molecule has 316 valence electrons.